The molecular formula is C6H11NO2. The van der Waals surface area contributed by atoms with Gasteiger partial charge in [-0.1, -0.05) is 0 Å². The van der Waals surface area contributed by atoms with E-state index >= 15 is 0 Å². The number of cyclic esters (lactones) is 1. The number of esters is 1. The summed E-state index contributed by atoms with van der Waals surface area (Å²) in [5, 5.41) is 0. The fraction of sp³-hybridized carbons (Fsp3) is 0.833. The highest BCUT2D eigenvalue weighted by molar-refractivity contribution is 5.74. The van der Waals surface area contributed by atoms with Crippen LogP contribution in [0.4, 0.5) is 0 Å². The van der Waals surface area contributed by atoms with Crippen LogP contribution < -0.4 is 5.73 Å². The van der Waals surface area contributed by atoms with Gasteiger partial charge in [-0.3, -0.25) is 4.79 Å². The zero-order valence-corrected chi connectivity index (χ0v) is 5.30. The van der Waals surface area contributed by atoms with E-state index in [1.54, 1.807) is 0 Å². The molecule has 0 aliphatic carbocycles. The van der Waals surface area contributed by atoms with Gasteiger partial charge in [0.25, 0.3) is 0 Å². The van der Waals surface area contributed by atoms with E-state index in [4.69, 9.17) is 10.5 Å². The Morgan fingerprint density at radius 1 is 1.78 bits per heavy atom. The highest BCUT2D eigenvalue weighted by Gasteiger charge is 2.24. The second kappa shape index (κ2) is 2.82. The van der Waals surface area contributed by atoms with Crippen LogP contribution in [0.5, 0.6) is 0 Å². The lowest BCUT2D eigenvalue weighted by Crippen LogP contribution is -2.12. The van der Waals surface area contributed by atoms with Gasteiger partial charge >= 0.3 is 5.97 Å². The molecule has 0 aromatic carbocycles. The summed E-state index contributed by atoms with van der Waals surface area (Å²) in [6.45, 7) is 1.17. The number of carbonyl (C=O) groups is 1. The molecular weight excluding hydrogens is 118 g/mol. The first-order valence-corrected chi connectivity index (χ1v) is 3.21. The van der Waals surface area contributed by atoms with Crippen molar-refractivity contribution >= 4 is 5.97 Å². The van der Waals surface area contributed by atoms with Crippen LogP contribution >= 0.6 is 0 Å². The lowest BCUT2D eigenvalue weighted by atomic mass is 10.1. The lowest BCUT2D eigenvalue weighted by molar-refractivity contribution is -0.141. The van der Waals surface area contributed by atoms with Crippen LogP contribution in [-0.4, -0.2) is 19.1 Å². The monoisotopic (exact) mass is 129 g/mol. The minimum absolute atomic E-state index is 0.0690. The second-order valence-corrected chi connectivity index (χ2v) is 2.23. The summed E-state index contributed by atoms with van der Waals surface area (Å²) in [5.41, 5.74) is 5.26. The molecule has 3 nitrogen and oxygen atoms in total. The molecule has 0 saturated carbocycles. The Labute approximate surface area is 54.2 Å². The second-order valence-electron chi connectivity index (χ2n) is 2.23. The summed E-state index contributed by atoms with van der Waals surface area (Å²) in [6.07, 6.45) is 1.63. The number of ether oxygens (including phenoxy) is 1. The van der Waals surface area contributed by atoms with E-state index in [0.29, 0.717) is 13.2 Å². The van der Waals surface area contributed by atoms with Crippen molar-refractivity contribution in [3.63, 3.8) is 0 Å². The molecule has 1 heterocycles. The summed E-state index contributed by atoms with van der Waals surface area (Å²) in [4.78, 5) is 10.7. The highest BCUT2D eigenvalue weighted by atomic mass is 16.5. The molecule has 1 saturated heterocycles. The maximum absolute atomic E-state index is 10.7. The molecule has 1 fully saturated rings. The van der Waals surface area contributed by atoms with Crippen LogP contribution in [0.3, 0.4) is 0 Å². The summed E-state index contributed by atoms with van der Waals surface area (Å²) in [7, 11) is 0. The number of hydrogen-bond donors (Lipinski definition) is 1. The third kappa shape index (κ3) is 1.42. The number of hydrogen-bond acceptors (Lipinski definition) is 3. The predicted molar refractivity (Wildman–Crippen MR) is 32.7 cm³/mol. The molecule has 9 heavy (non-hydrogen) atoms. The van der Waals surface area contributed by atoms with Gasteiger partial charge in [-0.15, -0.1) is 0 Å². The van der Waals surface area contributed by atoms with Crippen LogP contribution in [0.25, 0.3) is 0 Å². The Bertz CT molecular complexity index is 114. The van der Waals surface area contributed by atoms with E-state index < -0.39 is 0 Å². The largest absolute Gasteiger partial charge is 0.465 e. The maximum Gasteiger partial charge on any atom is 0.309 e. The van der Waals surface area contributed by atoms with E-state index in [-0.39, 0.29) is 11.9 Å². The summed E-state index contributed by atoms with van der Waals surface area (Å²) in [6, 6.07) is 0. The SMILES string of the molecule is NCCC1CCOC1=O. The third-order valence-electron chi connectivity index (χ3n) is 1.56. The van der Waals surface area contributed by atoms with Gasteiger partial charge in [0.2, 0.25) is 0 Å². The minimum Gasteiger partial charge on any atom is -0.465 e. The Balaban J connectivity index is 2.31. The van der Waals surface area contributed by atoms with Gasteiger partial charge in [-0.25, -0.2) is 0 Å². The summed E-state index contributed by atoms with van der Waals surface area (Å²) >= 11 is 0. The molecule has 0 amide bonds. The molecule has 3 heteroatoms. The molecule has 1 aliphatic heterocycles. The third-order valence-corrected chi connectivity index (χ3v) is 1.56. The average Bonchev–Trinajstić information content (AvgIpc) is 2.18. The molecule has 1 rings (SSSR count). The van der Waals surface area contributed by atoms with Gasteiger partial charge < -0.3 is 10.5 Å². The molecule has 1 aliphatic rings. The van der Waals surface area contributed by atoms with Gasteiger partial charge in [0.05, 0.1) is 12.5 Å². The van der Waals surface area contributed by atoms with Crippen molar-refractivity contribution in [1.29, 1.82) is 0 Å². The Kier molecular flexibility index (Phi) is 2.05. The first-order valence-electron chi connectivity index (χ1n) is 3.21. The van der Waals surface area contributed by atoms with Crippen molar-refractivity contribution in [3.05, 3.63) is 0 Å². The van der Waals surface area contributed by atoms with Crippen LogP contribution in [-0.2, 0) is 9.53 Å². The molecule has 1 unspecified atom stereocenters. The molecule has 0 spiro atoms. The Morgan fingerprint density at radius 2 is 2.56 bits per heavy atom. The van der Waals surface area contributed by atoms with Crippen molar-refractivity contribution < 1.29 is 9.53 Å². The van der Waals surface area contributed by atoms with Crippen molar-refractivity contribution in [2.24, 2.45) is 11.7 Å². The summed E-state index contributed by atoms with van der Waals surface area (Å²) in [5.74, 6) is 0.0236. The van der Waals surface area contributed by atoms with Crippen molar-refractivity contribution in [2.45, 2.75) is 12.8 Å². The quantitative estimate of drug-likeness (QED) is 0.529. The predicted octanol–water partition coefficient (Wildman–Crippen LogP) is -0.102. The smallest absolute Gasteiger partial charge is 0.309 e. The summed E-state index contributed by atoms with van der Waals surface area (Å²) < 4.78 is 4.72. The Morgan fingerprint density at radius 3 is 3.00 bits per heavy atom. The molecule has 1 atom stereocenters. The number of nitrogens with two attached hydrogens (primary N) is 1. The first-order chi connectivity index (χ1) is 4.34. The van der Waals surface area contributed by atoms with E-state index in [0.717, 1.165) is 12.8 Å². The van der Waals surface area contributed by atoms with Gasteiger partial charge in [-0.05, 0) is 19.4 Å². The zero-order chi connectivity index (χ0) is 6.69. The molecule has 0 aromatic rings. The standard InChI is InChI=1S/C6H11NO2/c7-3-1-5-2-4-9-6(5)8/h5H,1-4,7H2. The average molecular weight is 129 g/mol. The van der Waals surface area contributed by atoms with Crippen LogP contribution in [0, 0.1) is 5.92 Å². The highest BCUT2D eigenvalue weighted by Crippen LogP contribution is 2.16. The zero-order valence-electron chi connectivity index (χ0n) is 5.30. The minimum atomic E-state index is -0.0690. The lowest BCUT2D eigenvalue weighted by Gasteiger charge is -1.99. The van der Waals surface area contributed by atoms with Crippen molar-refractivity contribution in [2.75, 3.05) is 13.2 Å². The normalized spacial score (nSPS) is 26.3. The molecule has 52 valence electrons. The van der Waals surface area contributed by atoms with Crippen LogP contribution in [0.1, 0.15) is 12.8 Å². The van der Waals surface area contributed by atoms with E-state index in [1.165, 1.54) is 0 Å². The number of rotatable bonds is 2. The van der Waals surface area contributed by atoms with Gasteiger partial charge in [-0.2, -0.15) is 0 Å². The van der Waals surface area contributed by atoms with Gasteiger partial charge in [0.1, 0.15) is 0 Å². The maximum atomic E-state index is 10.7. The van der Waals surface area contributed by atoms with Gasteiger partial charge in [0.15, 0.2) is 0 Å². The topological polar surface area (TPSA) is 52.3 Å². The van der Waals surface area contributed by atoms with Gasteiger partial charge in [0, 0.05) is 0 Å². The van der Waals surface area contributed by atoms with E-state index in [9.17, 15) is 4.79 Å². The van der Waals surface area contributed by atoms with E-state index in [1.807, 2.05) is 0 Å². The fourth-order valence-corrected chi connectivity index (χ4v) is 1.00. The van der Waals surface area contributed by atoms with Crippen molar-refractivity contribution in [1.82, 2.24) is 0 Å². The van der Waals surface area contributed by atoms with E-state index in [2.05, 4.69) is 0 Å². The first kappa shape index (κ1) is 6.55. The molecule has 0 bridgehead atoms. The molecule has 0 radical (unpaired) electrons. The molecule has 0 aromatic heterocycles. The van der Waals surface area contributed by atoms with Crippen LogP contribution in [0.2, 0.25) is 0 Å². The van der Waals surface area contributed by atoms with Crippen molar-refractivity contribution in [3.8, 4) is 0 Å². The fourth-order valence-electron chi connectivity index (χ4n) is 1.00. The Hall–Kier alpha value is -0.570. The van der Waals surface area contributed by atoms with Crippen LogP contribution in [0.15, 0.2) is 0 Å². The molecule has 2 N–H and O–H groups in total. The number of carbonyl (C=O) groups excluding carboxylic acids is 1.